The van der Waals surface area contributed by atoms with Crippen LogP contribution in [-0.2, 0) is 4.79 Å². The lowest BCUT2D eigenvalue weighted by Crippen LogP contribution is -2.36. The standard InChI is InChI=1S/C12H15BrN2O3/c1-15(2)11(16)7-14-12(17)9-6-8(18-3)4-5-10(9)13/h4-6H,7H2,1-3H3,(H,14,17). The molecule has 0 atom stereocenters. The molecule has 2 amide bonds. The third kappa shape index (κ3) is 3.73. The molecular formula is C12H15BrN2O3. The molecule has 0 aliphatic carbocycles. The van der Waals surface area contributed by atoms with Gasteiger partial charge in [-0.1, -0.05) is 0 Å². The van der Waals surface area contributed by atoms with Crippen molar-refractivity contribution in [3.8, 4) is 5.75 Å². The van der Waals surface area contributed by atoms with E-state index in [0.29, 0.717) is 15.8 Å². The van der Waals surface area contributed by atoms with E-state index in [1.165, 1.54) is 12.0 Å². The molecule has 5 nitrogen and oxygen atoms in total. The van der Waals surface area contributed by atoms with Crippen LogP contribution in [0, 0.1) is 0 Å². The molecular weight excluding hydrogens is 300 g/mol. The Hall–Kier alpha value is -1.56. The summed E-state index contributed by atoms with van der Waals surface area (Å²) in [7, 11) is 4.80. The molecule has 1 aromatic rings. The topological polar surface area (TPSA) is 58.6 Å². The molecule has 0 bridgehead atoms. The zero-order valence-electron chi connectivity index (χ0n) is 10.5. The summed E-state index contributed by atoms with van der Waals surface area (Å²) >= 11 is 3.28. The fourth-order valence-corrected chi connectivity index (χ4v) is 1.64. The second kappa shape index (κ2) is 6.39. The molecule has 0 aliphatic heterocycles. The van der Waals surface area contributed by atoms with Gasteiger partial charge in [0.25, 0.3) is 5.91 Å². The van der Waals surface area contributed by atoms with Crippen molar-refractivity contribution in [2.45, 2.75) is 0 Å². The zero-order chi connectivity index (χ0) is 13.7. The largest absolute Gasteiger partial charge is 0.497 e. The van der Waals surface area contributed by atoms with E-state index in [1.807, 2.05) is 0 Å². The first-order valence-electron chi connectivity index (χ1n) is 5.27. The van der Waals surface area contributed by atoms with Gasteiger partial charge in [0, 0.05) is 18.6 Å². The van der Waals surface area contributed by atoms with Gasteiger partial charge in [0.1, 0.15) is 5.75 Å². The number of rotatable bonds is 4. The number of hydrogen-bond acceptors (Lipinski definition) is 3. The van der Waals surface area contributed by atoms with Gasteiger partial charge < -0.3 is 15.0 Å². The minimum atomic E-state index is -0.323. The Bertz CT molecular complexity index is 461. The van der Waals surface area contributed by atoms with E-state index in [0.717, 1.165) is 0 Å². The lowest BCUT2D eigenvalue weighted by molar-refractivity contribution is -0.127. The first-order chi connectivity index (χ1) is 8.45. The number of hydrogen-bond donors (Lipinski definition) is 1. The third-order valence-electron chi connectivity index (χ3n) is 2.32. The van der Waals surface area contributed by atoms with Crippen molar-refractivity contribution >= 4 is 27.7 Å². The van der Waals surface area contributed by atoms with Crippen LogP contribution in [0.3, 0.4) is 0 Å². The Morgan fingerprint density at radius 2 is 2.06 bits per heavy atom. The van der Waals surface area contributed by atoms with E-state index in [9.17, 15) is 9.59 Å². The highest BCUT2D eigenvalue weighted by molar-refractivity contribution is 9.10. The summed E-state index contributed by atoms with van der Waals surface area (Å²) in [5.74, 6) is 0.0978. The number of nitrogens with zero attached hydrogens (tertiary/aromatic N) is 1. The van der Waals surface area contributed by atoms with Crippen LogP contribution in [0.4, 0.5) is 0 Å². The summed E-state index contributed by atoms with van der Waals surface area (Å²) in [5, 5.41) is 2.56. The summed E-state index contributed by atoms with van der Waals surface area (Å²) in [5.41, 5.74) is 0.431. The number of benzene rings is 1. The van der Waals surface area contributed by atoms with Gasteiger partial charge >= 0.3 is 0 Å². The van der Waals surface area contributed by atoms with Gasteiger partial charge in [0.2, 0.25) is 5.91 Å². The van der Waals surface area contributed by atoms with Crippen LogP contribution in [0.25, 0.3) is 0 Å². The van der Waals surface area contributed by atoms with Crippen molar-refractivity contribution in [2.24, 2.45) is 0 Å². The van der Waals surface area contributed by atoms with Crippen molar-refractivity contribution in [1.82, 2.24) is 10.2 Å². The monoisotopic (exact) mass is 314 g/mol. The molecule has 0 aliphatic rings. The minimum Gasteiger partial charge on any atom is -0.497 e. The Morgan fingerprint density at radius 1 is 1.39 bits per heavy atom. The summed E-state index contributed by atoms with van der Waals surface area (Å²) in [6.07, 6.45) is 0. The average Bonchev–Trinajstić information content (AvgIpc) is 2.35. The molecule has 0 radical (unpaired) electrons. The number of nitrogens with one attached hydrogen (secondary N) is 1. The number of ether oxygens (including phenoxy) is 1. The molecule has 0 fully saturated rings. The summed E-state index contributed by atoms with van der Waals surface area (Å²) in [6.45, 7) is -0.0323. The van der Waals surface area contributed by atoms with Gasteiger partial charge in [-0.05, 0) is 34.1 Å². The second-order valence-corrected chi connectivity index (χ2v) is 4.67. The normalized spacial score (nSPS) is 9.78. The van der Waals surface area contributed by atoms with Crippen molar-refractivity contribution < 1.29 is 14.3 Å². The Kier molecular flexibility index (Phi) is 5.15. The fraction of sp³-hybridized carbons (Fsp3) is 0.333. The predicted octanol–water partition coefficient (Wildman–Crippen LogP) is 1.28. The number of likely N-dealkylation sites (N-methyl/N-ethyl adjacent to an activating group) is 1. The predicted molar refractivity (Wildman–Crippen MR) is 71.7 cm³/mol. The molecule has 0 spiro atoms. The zero-order valence-corrected chi connectivity index (χ0v) is 12.1. The summed E-state index contributed by atoms with van der Waals surface area (Å²) in [6, 6.07) is 5.08. The van der Waals surface area contributed by atoms with Crippen LogP contribution < -0.4 is 10.1 Å². The van der Waals surface area contributed by atoms with E-state index < -0.39 is 0 Å². The van der Waals surface area contributed by atoms with Gasteiger partial charge in [0.15, 0.2) is 0 Å². The van der Waals surface area contributed by atoms with E-state index in [2.05, 4.69) is 21.2 Å². The number of carbonyl (C=O) groups excluding carboxylic acids is 2. The molecule has 1 aromatic carbocycles. The lowest BCUT2D eigenvalue weighted by atomic mass is 10.2. The minimum absolute atomic E-state index is 0.0323. The van der Waals surface area contributed by atoms with Crippen LogP contribution in [0.5, 0.6) is 5.75 Å². The highest BCUT2D eigenvalue weighted by Crippen LogP contribution is 2.22. The molecule has 0 heterocycles. The Balaban J connectivity index is 2.75. The number of methoxy groups -OCH3 is 1. The molecule has 1 N–H and O–H groups in total. The SMILES string of the molecule is COc1ccc(Br)c(C(=O)NCC(=O)N(C)C)c1. The third-order valence-corrected chi connectivity index (χ3v) is 3.01. The summed E-state index contributed by atoms with van der Waals surface area (Å²) in [4.78, 5) is 24.7. The highest BCUT2D eigenvalue weighted by atomic mass is 79.9. The number of halogens is 1. The van der Waals surface area contributed by atoms with E-state index in [1.54, 1.807) is 32.3 Å². The van der Waals surface area contributed by atoms with Crippen LogP contribution in [-0.4, -0.2) is 44.5 Å². The molecule has 1 rings (SSSR count). The molecule has 18 heavy (non-hydrogen) atoms. The Morgan fingerprint density at radius 3 is 2.61 bits per heavy atom. The van der Waals surface area contributed by atoms with Crippen LogP contribution in [0.1, 0.15) is 10.4 Å². The van der Waals surface area contributed by atoms with Gasteiger partial charge in [-0.2, -0.15) is 0 Å². The van der Waals surface area contributed by atoms with Crippen LogP contribution in [0.2, 0.25) is 0 Å². The van der Waals surface area contributed by atoms with Gasteiger partial charge in [-0.3, -0.25) is 9.59 Å². The smallest absolute Gasteiger partial charge is 0.252 e. The van der Waals surface area contributed by atoms with Crippen molar-refractivity contribution in [3.63, 3.8) is 0 Å². The molecule has 0 unspecified atom stereocenters. The Labute approximate surface area is 114 Å². The molecule has 0 saturated carbocycles. The van der Waals surface area contributed by atoms with Crippen molar-refractivity contribution in [2.75, 3.05) is 27.7 Å². The van der Waals surface area contributed by atoms with Gasteiger partial charge in [0.05, 0.1) is 19.2 Å². The lowest BCUT2D eigenvalue weighted by Gasteiger charge is -2.12. The molecule has 0 aromatic heterocycles. The van der Waals surface area contributed by atoms with Crippen molar-refractivity contribution in [1.29, 1.82) is 0 Å². The summed E-state index contributed by atoms with van der Waals surface area (Å²) < 4.78 is 5.70. The molecule has 0 saturated heterocycles. The van der Waals surface area contributed by atoms with E-state index >= 15 is 0 Å². The first-order valence-corrected chi connectivity index (χ1v) is 6.07. The maximum atomic E-state index is 11.9. The quantitative estimate of drug-likeness (QED) is 0.910. The van der Waals surface area contributed by atoms with Crippen molar-refractivity contribution in [3.05, 3.63) is 28.2 Å². The van der Waals surface area contributed by atoms with Crippen LogP contribution in [0.15, 0.2) is 22.7 Å². The van der Waals surface area contributed by atoms with E-state index in [-0.39, 0.29) is 18.4 Å². The first kappa shape index (κ1) is 14.5. The number of carbonyl (C=O) groups is 2. The number of amides is 2. The maximum Gasteiger partial charge on any atom is 0.252 e. The highest BCUT2D eigenvalue weighted by Gasteiger charge is 2.13. The van der Waals surface area contributed by atoms with Gasteiger partial charge in [-0.25, -0.2) is 0 Å². The van der Waals surface area contributed by atoms with Gasteiger partial charge in [-0.15, -0.1) is 0 Å². The molecule has 6 heteroatoms. The second-order valence-electron chi connectivity index (χ2n) is 3.82. The molecule has 98 valence electrons. The fourth-order valence-electron chi connectivity index (χ4n) is 1.21. The van der Waals surface area contributed by atoms with E-state index in [4.69, 9.17) is 4.74 Å². The average molecular weight is 315 g/mol. The maximum absolute atomic E-state index is 11.9. The van der Waals surface area contributed by atoms with Crippen LogP contribution >= 0.6 is 15.9 Å².